The summed E-state index contributed by atoms with van der Waals surface area (Å²) in [6.45, 7) is 8.64. The number of hydrogen-bond donors (Lipinski definition) is 2. The molecule has 5 nitrogen and oxygen atoms in total. The van der Waals surface area contributed by atoms with Crippen molar-refractivity contribution in [2.75, 3.05) is 0 Å². The van der Waals surface area contributed by atoms with Crippen LogP contribution in [-0.2, 0) is 4.74 Å². The highest BCUT2D eigenvalue weighted by atomic mass is 16.6. The van der Waals surface area contributed by atoms with E-state index >= 15 is 0 Å². The average molecular weight is 200 g/mol. The maximum atomic E-state index is 11.4. The molecule has 0 atom stereocenters. The Morgan fingerprint density at radius 1 is 1.57 bits per heavy atom. The quantitative estimate of drug-likeness (QED) is 0.525. The van der Waals surface area contributed by atoms with Crippen LogP contribution in [0.2, 0.25) is 0 Å². The van der Waals surface area contributed by atoms with Crippen LogP contribution in [0.3, 0.4) is 0 Å². The molecular formula is C9H18N3O2. The molecule has 14 heavy (non-hydrogen) atoms. The second-order valence-electron chi connectivity index (χ2n) is 3.83. The van der Waals surface area contributed by atoms with Crippen molar-refractivity contribution in [2.45, 2.75) is 39.7 Å². The van der Waals surface area contributed by atoms with Gasteiger partial charge in [0.05, 0.1) is 6.54 Å². The van der Waals surface area contributed by atoms with Crippen LogP contribution in [0.1, 0.15) is 34.1 Å². The van der Waals surface area contributed by atoms with E-state index in [4.69, 9.17) is 15.9 Å². The van der Waals surface area contributed by atoms with Crippen LogP contribution in [-0.4, -0.2) is 22.6 Å². The molecule has 81 valence electrons. The summed E-state index contributed by atoms with van der Waals surface area (Å²) >= 11 is 0. The van der Waals surface area contributed by atoms with E-state index in [1.807, 2.05) is 6.92 Å². The van der Waals surface area contributed by atoms with Gasteiger partial charge in [-0.1, -0.05) is 6.92 Å². The van der Waals surface area contributed by atoms with E-state index in [0.717, 1.165) is 4.90 Å². The molecule has 0 saturated heterocycles. The number of nitrogens with two attached hydrogens (primary N) is 1. The van der Waals surface area contributed by atoms with Gasteiger partial charge >= 0.3 is 6.09 Å². The highest BCUT2D eigenvalue weighted by molar-refractivity contribution is 5.92. The maximum absolute atomic E-state index is 11.4. The fraction of sp³-hybridized carbons (Fsp3) is 0.667. The molecule has 0 aliphatic heterocycles. The van der Waals surface area contributed by atoms with Crippen LogP contribution in [0.4, 0.5) is 4.79 Å². The average Bonchev–Trinajstić information content (AvgIpc) is 1.95. The SMILES string of the molecule is CC[CH]N(C(=N)N)C(=O)OC(C)(C)C. The number of guanidine groups is 1. The Bertz CT molecular complexity index is 221. The zero-order valence-electron chi connectivity index (χ0n) is 9.13. The fourth-order valence-corrected chi connectivity index (χ4v) is 0.765. The predicted molar refractivity (Wildman–Crippen MR) is 54.6 cm³/mol. The van der Waals surface area contributed by atoms with E-state index in [9.17, 15) is 4.79 Å². The lowest BCUT2D eigenvalue weighted by atomic mass is 10.2. The second kappa shape index (κ2) is 4.83. The third kappa shape index (κ3) is 4.69. The first-order valence-corrected chi connectivity index (χ1v) is 4.47. The Morgan fingerprint density at radius 3 is 2.36 bits per heavy atom. The van der Waals surface area contributed by atoms with Gasteiger partial charge in [-0.05, 0) is 27.2 Å². The molecule has 0 bridgehead atoms. The lowest BCUT2D eigenvalue weighted by Gasteiger charge is -2.25. The van der Waals surface area contributed by atoms with Crippen LogP contribution < -0.4 is 5.73 Å². The van der Waals surface area contributed by atoms with E-state index in [-0.39, 0.29) is 5.96 Å². The number of nitrogens with one attached hydrogen (secondary N) is 1. The molecule has 0 aliphatic rings. The minimum absolute atomic E-state index is 0.332. The molecule has 0 aromatic carbocycles. The number of carbonyl (C=O) groups excluding carboxylic acids is 1. The molecule has 1 radical (unpaired) electrons. The van der Waals surface area contributed by atoms with Crippen LogP contribution >= 0.6 is 0 Å². The summed E-state index contributed by atoms with van der Waals surface area (Å²) in [5.74, 6) is -0.332. The van der Waals surface area contributed by atoms with Gasteiger partial charge in [0.15, 0.2) is 5.96 Å². The van der Waals surface area contributed by atoms with Crippen molar-refractivity contribution in [3.05, 3.63) is 6.54 Å². The van der Waals surface area contributed by atoms with Crippen LogP contribution in [0, 0.1) is 12.0 Å². The van der Waals surface area contributed by atoms with Gasteiger partial charge in [-0.3, -0.25) is 5.41 Å². The molecule has 0 saturated carbocycles. The standard InChI is InChI=1S/C9H18N3O2/c1-5-6-12(7(10)11)8(13)14-9(2,3)4/h6H,5H2,1-4H3,(H3,10,11). The summed E-state index contributed by atoms with van der Waals surface area (Å²) in [7, 11) is 0. The maximum Gasteiger partial charge on any atom is 0.417 e. The van der Waals surface area contributed by atoms with Gasteiger partial charge in [0, 0.05) is 0 Å². The first-order valence-electron chi connectivity index (χ1n) is 4.47. The summed E-state index contributed by atoms with van der Waals surface area (Å²) in [5.41, 5.74) is 4.64. The summed E-state index contributed by atoms with van der Waals surface area (Å²) in [6.07, 6.45) is -0.00871. The van der Waals surface area contributed by atoms with Gasteiger partial charge in [0.1, 0.15) is 5.60 Å². The van der Waals surface area contributed by atoms with Gasteiger partial charge in [-0.2, -0.15) is 0 Å². The van der Waals surface area contributed by atoms with Gasteiger partial charge in [-0.25, -0.2) is 9.69 Å². The van der Waals surface area contributed by atoms with Crippen LogP contribution in [0.5, 0.6) is 0 Å². The van der Waals surface area contributed by atoms with Gasteiger partial charge in [0.25, 0.3) is 0 Å². The predicted octanol–water partition coefficient (Wildman–Crippen LogP) is 1.69. The molecule has 0 unspecified atom stereocenters. The topological polar surface area (TPSA) is 79.4 Å². The molecule has 1 amide bonds. The molecule has 0 aliphatic carbocycles. The lowest BCUT2D eigenvalue weighted by Crippen LogP contribution is -2.42. The molecule has 0 fully saturated rings. The molecule has 0 heterocycles. The van der Waals surface area contributed by atoms with E-state index in [1.54, 1.807) is 20.8 Å². The molecule has 0 spiro atoms. The Kier molecular flexibility index (Phi) is 4.40. The number of ether oxygens (including phenoxy) is 1. The van der Waals surface area contributed by atoms with Crippen molar-refractivity contribution in [1.29, 1.82) is 5.41 Å². The zero-order valence-corrected chi connectivity index (χ0v) is 9.13. The molecule has 0 aromatic rings. The van der Waals surface area contributed by atoms with Crippen LogP contribution in [0.15, 0.2) is 0 Å². The zero-order chi connectivity index (χ0) is 11.4. The second-order valence-corrected chi connectivity index (χ2v) is 3.83. The summed E-state index contributed by atoms with van der Waals surface area (Å²) in [4.78, 5) is 12.4. The molecular weight excluding hydrogens is 182 g/mol. The van der Waals surface area contributed by atoms with Crippen molar-refractivity contribution in [3.63, 3.8) is 0 Å². The van der Waals surface area contributed by atoms with Crippen molar-refractivity contribution < 1.29 is 9.53 Å². The molecule has 0 aromatic heterocycles. The molecule has 0 rings (SSSR count). The van der Waals surface area contributed by atoms with Crippen molar-refractivity contribution in [3.8, 4) is 0 Å². The summed E-state index contributed by atoms with van der Waals surface area (Å²) < 4.78 is 5.05. The summed E-state index contributed by atoms with van der Waals surface area (Å²) in [5, 5.41) is 7.16. The third-order valence-electron chi connectivity index (χ3n) is 1.21. The minimum Gasteiger partial charge on any atom is -0.443 e. The molecule has 3 N–H and O–H groups in total. The Labute approximate surface area is 84.7 Å². The van der Waals surface area contributed by atoms with Gasteiger partial charge in [-0.15, -0.1) is 0 Å². The largest absolute Gasteiger partial charge is 0.443 e. The summed E-state index contributed by atoms with van der Waals surface area (Å²) in [6, 6.07) is 0. The van der Waals surface area contributed by atoms with Gasteiger partial charge in [0.2, 0.25) is 0 Å². The highest BCUT2D eigenvalue weighted by Crippen LogP contribution is 2.10. The van der Waals surface area contributed by atoms with E-state index in [1.165, 1.54) is 6.54 Å². The van der Waals surface area contributed by atoms with Crippen LogP contribution in [0.25, 0.3) is 0 Å². The first-order chi connectivity index (χ1) is 6.28. The van der Waals surface area contributed by atoms with Gasteiger partial charge < -0.3 is 10.5 Å². The highest BCUT2D eigenvalue weighted by Gasteiger charge is 2.23. The Balaban J connectivity index is 4.38. The van der Waals surface area contributed by atoms with Crippen molar-refractivity contribution in [2.24, 2.45) is 5.73 Å². The third-order valence-corrected chi connectivity index (χ3v) is 1.21. The molecule has 5 heteroatoms. The Morgan fingerprint density at radius 2 is 2.07 bits per heavy atom. The lowest BCUT2D eigenvalue weighted by molar-refractivity contribution is 0.0400. The minimum atomic E-state index is -0.619. The smallest absolute Gasteiger partial charge is 0.417 e. The van der Waals surface area contributed by atoms with Crippen molar-refractivity contribution in [1.82, 2.24) is 4.90 Å². The number of carbonyl (C=O) groups is 1. The fourth-order valence-electron chi connectivity index (χ4n) is 0.765. The monoisotopic (exact) mass is 200 g/mol. The van der Waals surface area contributed by atoms with Crippen molar-refractivity contribution >= 4 is 12.1 Å². The van der Waals surface area contributed by atoms with E-state index < -0.39 is 11.7 Å². The number of amides is 1. The van der Waals surface area contributed by atoms with E-state index in [2.05, 4.69) is 0 Å². The first kappa shape index (κ1) is 12.7. The Hall–Kier alpha value is -1.26. The van der Waals surface area contributed by atoms with E-state index in [0.29, 0.717) is 6.42 Å². The number of hydrogen-bond acceptors (Lipinski definition) is 3. The number of rotatable bonds is 2. The normalized spacial score (nSPS) is 10.9. The number of nitrogens with zero attached hydrogens (tertiary/aromatic N) is 1.